The number of benzene rings is 2. The molecule has 27 heavy (non-hydrogen) atoms. The van der Waals surface area contributed by atoms with Gasteiger partial charge in [-0.2, -0.15) is 5.10 Å². The second kappa shape index (κ2) is 7.77. The van der Waals surface area contributed by atoms with Crippen molar-refractivity contribution >= 4 is 23.2 Å². The number of hydrogen-bond donors (Lipinski definition) is 2. The van der Waals surface area contributed by atoms with Gasteiger partial charge in [0.25, 0.3) is 5.91 Å². The van der Waals surface area contributed by atoms with E-state index >= 15 is 0 Å². The van der Waals surface area contributed by atoms with Gasteiger partial charge in [-0.05, 0) is 61.5 Å². The molecule has 0 bridgehead atoms. The Hall–Kier alpha value is -3.55. The van der Waals surface area contributed by atoms with Crippen LogP contribution in [-0.2, 0) is 4.79 Å². The van der Waals surface area contributed by atoms with E-state index in [1.165, 1.54) is 65.5 Å². The molecule has 0 aliphatic carbocycles. The Morgan fingerprint density at radius 3 is 1.96 bits per heavy atom. The first-order valence-electron chi connectivity index (χ1n) is 8.11. The van der Waals surface area contributed by atoms with Crippen LogP contribution in [0.3, 0.4) is 0 Å². The Labute approximate surface area is 153 Å². The van der Waals surface area contributed by atoms with Crippen LogP contribution in [0, 0.1) is 11.6 Å². The van der Waals surface area contributed by atoms with Crippen molar-refractivity contribution < 1.29 is 18.4 Å². The average molecular weight is 370 g/mol. The van der Waals surface area contributed by atoms with Crippen molar-refractivity contribution in [1.82, 2.24) is 9.78 Å². The number of aromatic nitrogens is 2. The molecule has 6 nitrogen and oxygen atoms in total. The van der Waals surface area contributed by atoms with E-state index in [1.807, 2.05) is 0 Å². The number of amides is 2. The van der Waals surface area contributed by atoms with Gasteiger partial charge in [0.2, 0.25) is 5.91 Å². The summed E-state index contributed by atoms with van der Waals surface area (Å²) in [5.74, 6) is -1.65. The molecule has 0 spiro atoms. The smallest absolute Gasteiger partial charge is 0.276 e. The Morgan fingerprint density at radius 1 is 0.889 bits per heavy atom. The molecule has 1 unspecified atom stereocenters. The maximum atomic E-state index is 12.9. The molecule has 1 aromatic heterocycles. The van der Waals surface area contributed by atoms with Crippen LogP contribution in [0.4, 0.5) is 20.2 Å². The largest absolute Gasteiger partial charge is 0.324 e. The fraction of sp³-hybridized carbons (Fsp3) is 0.105. The van der Waals surface area contributed by atoms with Crippen molar-refractivity contribution in [1.29, 1.82) is 0 Å². The summed E-state index contributed by atoms with van der Waals surface area (Å²) in [6.45, 7) is 1.62. The lowest BCUT2D eigenvalue weighted by atomic mass is 10.2. The van der Waals surface area contributed by atoms with E-state index in [4.69, 9.17) is 0 Å². The molecule has 1 heterocycles. The Balaban J connectivity index is 1.64. The lowest BCUT2D eigenvalue weighted by Crippen LogP contribution is -2.24. The highest BCUT2D eigenvalue weighted by atomic mass is 19.1. The SMILES string of the molecule is CC(C(=O)Nc1ccc(F)cc1)n1ccc(C(=O)Nc2ccc(F)cc2)n1. The number of hydrogen-bond acceptors (Lipinski definition) is 3. The van der Waals surface area contributed by atoms with Gasteiger partial charge in [0.05, 0.1) is 0 Å². The highest BCUT2D eigenvalue weighted by molar-refractivity contribution is 6.02. The van der Waals surface area contributed by atoms with Crippen LogP contribution in [0.1, 0.15) is 23.5 Å². The molecule has 1 atom stereocenters. The number of anilines is 2. The van der Waals surface area contributed by atoms with E-state index in [-0.39, 0.29) is 11.6 Å². The van der Waals surface area contributed by atoms with Crippen molar-refractivity contribution in [2.45, 2.75) is 13.0 Å². The predicted molar refractivity (Wildman–Crippen MR) is 96.3 cm³/mol. The molecule has 0 aliphatic heterocycles. The van der Waals surface area contributed by atoms with Crippen LogP contribution in [0.15, 0.2) is 60.8 Å². The number of nitrogens with one attached hydrogen (secondary N) is 2. The standard InChI is InChI=1S/C19H16F2N4O2/c1-12(18(26)22-15-6-2-13(20)3-7-15)25-11-10-17(24-25)19(27)23-16-8-4-14(21)5-9-16/h2-12H,1H3,(H,22,26)(H,23,27). The lowest BCUT2D eigenvalue weighted by molar-refractivity contribution is -0.119. The summed E-state index contributed by atoms with van der Waals surface area (Å²) in [4.78, 5) is 24.5. The maximum absolute atomic E-state index is 12.9. The fourth-order valence-corrected chi connectivity index (χ4v) is 2.30. The molecule has 2 aromatic carbocycles. The van der Waals surface area contributed by atoms with Gasteiger partial charge in [0.15, 0.2) is 5.69 Å². The third kappa shape index (κ3) is 4.55. The van der Waals surface area contributed by atoms with Crippen LogP contribution in [0.2, 0.25) is 0 Å². The van der Waals surface area contributed by atoms with Crippen molar-refractivity contribution in [3.8, 4) is 0 Å². The Bertz CT molecular complexity index is 953. The van der Waals surface area contributed by atoms with Crippen LogP contribution >= 0.6 is 0 Å². The van der Waals surface area contributed by atoms with Crippen molar-refractivity contribution in [2.75, 3.05) is 10.6 Å². The second-order valence-electron chi connectivity index (χ2n) is 5.81. The third-order valence-electron chi connectivity index (χ3n) is 3.83. The molecule has 3 aromatic rings. The van der Waals surface area contributed by atoms with E-state index in [2.05, 4.69) is 15.7 Å². The first-order chi connectivity index (χ1) is 12.9. The predicted octanol–water partition coefficient (Wildman–Crippen LogP) is 3.61. The van der Waals surface area contributed by atoms with Crippen molar-refractivity contribution in [3.63, 3.8) is 0 Å². The molecule has 3 rings (SSSR count). The summed E-state index contributed by atoms with van der Waals surface area (Å²) in [7, 11) is 0. The number of nitrogens with zero attached hydrogens (tertiary/aromatic N) is 2. The van der Waals surface area contributed by atoms with E-state index in [1.54, 1.807) is 6.92 Å². The van der Waals surface area contributed by atoms with Gasteiger partial charge in [-0.1, -0.05) is 0 Å². The fourth-order valence-electron chi connectivity index (χ4n) is 2.30. The normalized spacial score (nSPS) is 11.7. The molecule has 0 saturated heterocycles. The van der Waals surface area contributed by atoms with E-state index in [9.17, 15) is 18.4 Å². The molecule has 0 fully saturated rings. The van der Waals surface area contributed by atoms with E-state index in [0.717, 1.165) is 0 Å². The molecule has 138 valence electrons. The summed E-state index contributed by atoms with van der Waals surface area (Å²) in [6, 6.07) is 11.5. The zero-order valence-corrected chi connectivity index (χ0v) is 14.3. The summed E-state index contributed by atoms with van der Waals surface area (Å²) < 4.78 is 27.2. The van der Waals surface area contributed by atoms with E-state index in [0.29, 0.717) is 11.4 Å². The van der Waals surface area contributed by atoms with Gasteiger partial charge in [-0.15, -0.1) is 0 Å². The zero-order chi connectivity index (χ0) is 19.4. The minimum atomic E-state index is -0.692. The monoisotopic (exact) mass is 370 g/mol. The molecular formula is C19H16F2N4O2. The van der Waals surface area contributed by atoms with Crippen molar-refractivity contribution in [2.24, 2.45) is 0 Å². The molecule has 0 aliphatic rings. The molecule has 0 radical (unpaired) electrons. The summed E-state index contributed by atoms with van der Waals surface area (Å²) >= 11 is 0. The molecular weight excluding hydrogens is 354 g/mol. The highest BCUT2D eigenvalue weighted by Crippen LogP contribution is 2.14. The lowest BCUT2D eigenvalue weighted by Gasteiger charge is -2.12. The van der Waals surface area contributed by atoms with Crippen molar-refractivity contribution in [3.05, 3.63) is 78.1 Å². The van der Waals surface area contributed by atoms with E-state index < -0.39 is 23.6 Å². The topological polar surface area (TPSA) is 76.0 Å². The number of carbonyl (C=O) groups is 2. The quantitative estimate of drug-likeness (QED) is 0.720. The first kappa shape index (κ1) is 18.2. The van der Waals surface area contributed by atoms with Crippen LogP contribution < -0.4 is 10.6 Å². The number of halogens is 2. The third-order valence-corrected chi connectivity index (χ3v) is 3.83. The van der Waals surface area contributed by atoms with Gasteiger partial charge in [0.1, 0.15) is 17.7 Å². The maximum Gasteiger partial charge on any atom is 0.276 e. The van der Waals surface area contributed by atoms with Gasteiger partial charge in [0, 0.05) is 17.6 Å². The molecule has 2 amide bonds. The summed E-state index contributed by atoms with van der Waals surface area (Å²) in [6.07, 6.45) is 1.51. The summed E-state index contributed by atoms with van der Waals surface area (Å²) in [5.41, 5.74) is 0.994. The Kier molecular flexibility index (Phi) is 5.25. The highest BCUT2D eigenvalue weighted by Gasteiger charge is 2.18. The number of carbonyl (C=O) groups excluding carboxylic acids is 2. The number of rotatable bonds is 5. The first-order valence-corrected chi connectivity index (χ1v) is 8.11. The minimum Gasteiger partial charge on any atom is -0.324 e. The van der Waals surface area contributed by atoms with Crippen LogP contribution in [0.25, 0.3) is 0 Å². The molecule has 0 saturated carbocycles. The second-order valence-corrected chi connectivity index (χ2v) is 5.81. The van der Waals surface area contributed by atoms with Gasteiger partial charge in [-0.3, -0.25) is 14.3 Å². The zero-order valence-electron chi connectivity index (χ0n) is 14.3. The van der Waals surface area contributed by atoms with Crippen LogP contribution in [-0.4, -0.2) is 21.6 Å². The molecule has 2 N–H and O–H groups in total. The average Bonchev–Trinajstić information content (AvgIpc) is 3.15. The van der Waals surface area contributed by atoms with Crippen LogP contribution in [0.5, 0.6) is 0 Å². The molecule has 8 heteroatoms. The van der Waals surface area contributed by atoms with Gasteiger partial charge >= 0.3 is 0 Å². The Morgan fingerprint density at radius 2 is 1.41 bits per heavy atom. The van der Waals surface area contributed by atoms with Gasteiger partial charge in [-0.25, -0.2) is 8.78 Å². The minimum absolute atomic E-state index is 0.112. The van der Waals surface area contributed by atoms with Gasteiger partial charge < -0.3 is 10.6 Å². The summed E-state index contributed by atoms with van der Waals surface area (Å²) in [5, 5.41) is 9.35.